The van der Waals surface area contributed by atoms with Crippen LogP contribution in [-0.4, -0.2) is 48.7 Å². The smallest absolute Gasteiger partial charge is 0.326 e. The fourth-order valence-electron chi connectivity index (χ4n) is 3.85. The van der Waals surface area contributed by atoms with Crippen LogP contribution in [0.5, 0.6) is 0 Å². The van der Waals surface area contributed by atoms with Crippen molar-refractivity contribution in [2.75, 3.05) is 20.2 Å². The lowest BCUT2D eigenvalue weighted by Gasteiger charge is -2.36. The highest BCUT2D eigenvalue weighted by Gasteiger charge is 2.48. The molecule has 20 heavy (non-hydrogen) atoms. The lowest BCUT2D eigenvalue weighted by atomic mass is 9.94. The van der Waals surface area contributed by atoms with Gasteiger partial charge in [0.2, 0.25) is 0 Å². The predicted octanol–water partition coefficient (Wildman–Crippen LogP) is 2.18. The van der Waals surface area contributed by atoms with Crippen LogP contribution in [0.3, 0.4) is 0 Å². The van der Waals surface area contributed by atoms with E-state index in [1.807, 2.05) is 0 Å². The van der Waals surface area contributed by atoms with Crippen molar-refractivity contribution in [3.05, 3.63) is 0 Å². The summed E-state index contributed by atoms with van der Waals surface area (Å²) in [5, 5.41) is 3.48. The van der Waals surface area contributed by atoms with E-state index in [2.05, 4.69) is 31.0 Å². The van der Waals surface area contributed by atoms with Crippen LogP contribution in [0.15, 0.2) is 0 Å². The molecule has 116 valence electrons. The predicted molar refractivity (Wildman–Crippen MR) is 80.6 cm³/mol. The first-order valence-corrected chi connectivity index (χ1v) is 8.07. The molecule has 1 heterocycles. The van der Waals surface area contributed by atoms with E-state index in [0.29, 0.717) is 12.1 Å². The van der Waals surface area contributed by atoms with Crippen molar-refractivity contribution in [1.29, 1.82) is 0 Å². The standard InChI is InChI=1S/C16H30N2O2/c1-12(2)17-16(15(19)20-4)8-5-14(11-16)18-9-6-13(3)7-10-18/h12-14,17H,5-11H2,1-4H3. The Morgan fingerprint density at radius 1 is 1.30 bits per heavy atom. The summed E-state index contributed by atoms with van der Waals surface area (Å²) >= 11 is 0. The van der Waals surface area contributed by atoms with Gasteiger partial charge in [0.25, 0.3) is 0 Å². The zero-order valence-electron chi connectivity index (χ0n) is 13.4. The molecule has 0 aromatic rings. The topological polar surface area (TPSA) is 41.6 Å². The molecule has 1 aliphatic carbocycles. The number of nitrogens with zero attached hydrogens (tertiary/aromatic N) is 1. The molecule has 0 spiro atoms. The number of carbonyl (C=O) groups is 1. The van der Waals surface area contributed by atoms with E-state index in [1.54, 1.807) is 0 Å². The SMILES string of the molecule is COC(=O)C1(NC(C)C)CCC(N2CCC(C)CC2)C1. The molecule has 2 rings (SSSR count). The summed E-state index contributed by atoms with van der Waals surface area (Å²) in [6, 6.07) is 0.835. The first-order valence-electron chi connectivity index (χ1n) is 8.07. The average molecular weight is 282 g/mol. The number of carbonyl (C=O) groups excluding carboxylic acids is 1. The number of piperidine rings is 1. The van der Waals surface area contributed by atoms with Gasteiger partial charge in [0.05, 0.1) is 7.11 Å². The van der Waals surface area contributed by atoms with Crippen LogP contribution in [0.4, 0.5) is 0 Å². The minimum absolute atomic E-state index is 0.0842. The third kappa shape index (κ3) is 3.34. The van der Waals surface area contributed by atoms with Crippen molar-refractivity contribution in [1.82, 2.24) is 10.2 Å². The van der Waals surface area contributed by atoms with Gasteiger partial charge in [-0.3, -0.25) is 10.1 Å². The van der Waals surface area contributed by atoms with Crippen LogP contribution >= 0.6 is 0 Å². The second-order valence-electron chi connectivity index (χ2n) is 6.99. The maximum atomic E-state index is 12.2. The Morgan fingerprint density at radius 3 is 2.50 bits per heavy atom. The maximum absolute atomic E-state index is 12.2. The first-order chi connectivity index (χ1) is 9.47. The molecule has 2 fully saturated rings. The minimum Gasteiger partial charge on any atom is -0.468 e. The molecule has 4 nitrogen and oxygen atoms in total. The molecule has 0 amide bonds. The Kier molecular flexibility index (Phi) is 5.08. The van der Waals surface area contributed by atoms with Crippen LogP contribution in [0.1, 0.15) is 52.9 Å². The second-order valence-corrected chi connectivity index (χ2v) is 6.99. The highest BCUT2D eigenvalue weighted by molar-refractivity contribution is 5.81. The zero-order chi connectivity index (χ0) is 14.8. The van der Waals surface area contributed by atoms with Gasteiger partial charge >= 0.3 is 5.97 Å². The highest BCUT2D eigenvalue weighted by Crippen LogP contribution is 2.36. The molecule has 2 atom stereocenters. The summed E-state index contributed by atoms with van der Waals surface area (Å²) in [5.41, 5.74) is -0.462. The molecular weight excluding hydrogens is 252 g/mol. The van der Waals surface area contributed by atoms with Crippen LogP contribution in [0.25, 0.3) is 0 Å². The number of nitrogens with one attached hydrogen (secondary N) is 1. The van der Waals surface area contributed by atoms with E-state index in [1.165, 1.54) is 33.0 Å². The van der Waals surface area contributed by atoms with Gasteiger partial charge in [0.1, 0.15) is 5.54 Å². The van der Waals surface area contributed by atoms with E-state index >= 15 is 0 Å². The summed E-state index contributed by atoms with van der Waals surface area (Å²) < 4.78 is 5.07. The number of likely N-dealkylation sites (tertiary alicyclic amines) is 1. The van der Waals surface area contributed by atoms with Crippen LogP contribution in [-0.2, 0) is 9.53 Å². The van der Waals surface area contributed by atoms with Gasteiger partial charge in [-0.25, -0.2) is 0 Å². The molecule has 1 saturated heterocycles. The molecular formula is C16H30N2O2. The highest BCUT2D eigenvalue weighted by atomic mass is 16.5. The Morgan fingerprint density at radius 2 is 1.95 bits per heavy atom. The third-order valence-corrected chi connectivity index (χ3v) is 4.96. The molecule has 1 saturated carbocycles. The molecule has 1 N–H and O–H groups in total. The summed E-state index contributed by atoms with van der Waals surface area (Å²) in [6.07, 6.45) is 5.47. The molecule has 0 aromatic carbocycles. The molecule has 2 aliphatic rings. The van der Waals surface area contributed by atoms with Gasteiger partial charge in [-0.05, 0) is 65.0 Å². The van der Waals surface area contributed by atoms with Gasteiger partial charge in [0.15, 0.2) is 0 Å². The molecule has 2 unspecified atom stereocenters. The van der Waals surface area contributed by atoms with Crippen LogP contribution in [0, 0.1) is 5.92 Å². The molecule has 0 aromatic heterocycles. The Labute approximate surface area is 123 Å². The van der Waals surface area contributed by atoms with Gasteiger partial charge in [-0.15, -0.1) is 0 Å². The van der Waals surface area contributed by atoms with Gasteiger partial charge in [-0.1, -0.05) is 6.92 Å². The Hall–Kier alpha value is -0.610. The monoisotopic (exact) mass is 282 g/mol. The number of methoxy groups -OCH3 is 1. The van der Waals surface area contributed by atoms with E-state index in [0.717, 1.165) is 25.2 Å². The molecule has 0 bridgehead atoms. The summed E-state index contributed by atoms with van der Waals surface area (Å²) in [4.78, 5) is 14.8. The molecule has 0 radical (unpaired) electrons. The van der Waals surface area contributed by atoms with Crippen molar-refractivity contribution in [2.45, 2.75) is 70.5 Å². The van der Waals surface area contributed by atoms with Gasteiger partial charge in [-0.2, -0.15) is 0 Å². The minimum atomic E-state index is -0.462. The zero-order valence-corrected chi connectivity index (χ0v) is 13.4. The number of hydrogen-bond acceptors (Lipinski definition) is 4. The number of ether oxygens (including phenoxy) is 1. The van der Waals surface area contributed by atoms with E-state index in [9.17, 15) is 4.79 Å². The summed E-state index contributed by atoms with van der Waals surface area (Å²) in [5.74, 6) is 0.769. The largest absolute Gasteiger partial charge is 0.468 e. The number of rotatable bonds is 4. The average Bonchev–Trinajstić information content (AvgIpc) is 2.83. The Bertz CT molecular complexity index is 337. The van der Waals surface area contributed by atoms with Crippen molar-refractivity contribution in [2.24, 2.45) is 5.92 Å². The quantitative estimate of drug-likeness (QED) is 0.803. The van der Waals surface area contributed by atoms with Gasteiger partial charge in [0, 0.05) is 12.1 Å². The summed E-state index contributed by atoms with van der Waals surface area (Å²) in [6.45, 7) is 8.90. The van der Waals surface area contributed by atoms with Crippen LogP contribution < -0.4 is 5.32 Å². The van der Waals surface area contributed by atoms with E-state index in [4.69, 9.17) is 4.74 Å². The van der Waals surface area contributed by atoms with Gasteiger partial charge < -0.3 is 9.64 Å². The molecule has 1 aliphatic heterocycles. The summed E-state index contributed by atoms with van der Waals surface area (Å²) in [7, 11) is 1.50. The maximum Gasteiger partial charge on any atom is 0.326 e. The number of hydrogen-bond donors (Lipinski definition) is 1. The fourth-order valence-corrected chi connectivity index (χ4v) is 3.85. The normalized spacial score (nSPS) is 32.8. The number of esters is 1. The van der Waals surface area contributed by atoms with Crippen molar-refractivity contribution in [3.63, 3.8) is 0 Å². The lowest BCUT2D eigenvalue weighted by Crippen LogP contribution is -2.54. The van der Waals surface area contributed by atoms with E-state index in [-0.39, 0.29) is 5.97 Å². The second kappa shape index (κ2) is 6.44. The van der Waals surface area contributed by atoms with Crippen LogP contribution in [0.2, 0.25) is 0 Å². The third-order valence-electron chi connectivity index (χ3n) is 4.96. The first kappa shape index (κ1) is 15.8. The Balaban J connectivity index is 2.01. The lowest BCUT2D eigenvalue weighted by molar-refractivity contribution is -0.149. The van der Waals surface area contributed by atoms with Crippen molar-refractivity contribution >= 4 is 5.97 Å². The fraction of sp³-hybridized carbons (Fsp3) is 0.938. The molecule has 4 heteroatoms. The van der Waals surface area contributed by atoms with Crippen molar-refractivity contribution < 1.29 is 9.53 Å². The van der Waals surface area contributed by atoms with Crippen molar-refractivity contribution in [3.8, 4) is 0 Å². The van der Waals surface area contributed by atoms with E-state index < -0.39 is 5.54 Å².